The summed E-state index contributed by atoms with van der Waals surface area (Å²) in [5.74, 6) is 0. The van der Waals surface area contributed by atoms with Gasteiger partial charge in [0.25, 0.3) is 0 Å². The second-order valence-corrected chi connectivity index (χ2v) is 6.20. The summed E-state index contributed by atoms with van der Waals surface area (Å²) in [5.41, 5.74) is 6.16. The van der Waals surface area contributed by atoms with Crippen molar-refractivity contribution in [2.75, 3.05) is 0 Å². The van der Waals surface area contributed by atoms with E-state index < -0.39 is 0 Å². The molecule has 0 heterocycles. The van der Waals surface area contributed by atoms with Crippen molar-refractivity contribution < 1.29 is 0 Å². The smallest absolute Gasteiger partial charge is 0.00943 e. The van der Waals surface area contributed by atoms with Crippen molar-refractivity contribution in [3.8, 4) is 11.1 Å². The van der Waals surface area contributed by atoms with Crippen molar-refractivity contribution in [3.63, 3.8) is 0 Å². The lowest BCUT2D eigenvalue weighted by molar-refractivity contribution is 1.22. The summed E-state index contributed by atoms with van der Waals surface area (Å²) < 4.78 is 0. The molecule has 0 saturated carbocycles. The average Bonchev–Trinajstić information content (AvgIpc) is 2.72. The van der Waals surface area contributed by atoms with Gasteiger partial charge in [-0.15, -0.1) is 0 Å². The Morgan fingerprint density at radius 1 is 0.778 bits per heavy atom. The van der Waals surface area contributed by atoms with E-state index in [1.807, 2.05) is 24.3 Å². The molecule has 27 heavy (non-hydrogen) atoms. The van der Waals surface area contributed by atoms with Crippen LogP contribution in [-0.4, -0.2) is 0 Å². The number of benzene rings is 2. The summed E-state index contributed by atoms with van der Waals surface area (Å²) in [4.78, 5) is 0. The fraction of sp³-hybridized carbons (Fsp3) is 0.111. The molecule has 0 atom stereocenters. The molecule has 0 nitrogen and oxygen atoms in total. The number of rotatable bonds is 9. The van der Waals surface area contributed by atoms with Gasteiger partial charge < -0.3 is 0 Å². The monoisotopic (exact) mass is 352 g/mol. The minimum Gasteiger partial charge on any atom is -0.0991 e. The maximum atomic E-state index is 3.82. The Balaban J connectivity index is 2.10. The van der Waals surface area contributed by atoms with Crippen LogP contribution in [0.1, 0.15) is 24.5 Å². The molecular weight excluding hydrogens is 324 g/mol. The Morgan fingerprint density at radius 2 is 1.44 bits per heavy atom. The van der Waals surface area contributed by atoms with E-state index in [9.17, 15) is 0 Å². The van der Waals surface area contributed by atoms with Gasteiger partial charge >= 0.3 is 0 Å². The Bertz CT molecular complexity index is 838. The van der Waals surface area contributed by atoms with Gasteiger partial charge in [-0.25, -0.2) is 0 Å². The van der Waals surface area contributed by atoms with Gasteiger partial charge in [-0.2, -0.15) is 0 Å². The third-order valence-electron chi connectivity index (χ3n) is 4.18. The predicted octanol–water partition coefficient (Wildman–Crippen LogP) is 7.73. The summed E-state index contributed by atoms with van der Waals surface area (Å²) >= 11 is 0. The first-order chi connectivity index (χ1) is 13.3. The summed E-state index contributed by atoms with van der Waals surface area (Å²) in [6.45, 7) is 9.62. The zero-order valence-electron chi connectivity index (χ0n) is 16.1. The average molecular weight is 353 g/mol. The molecule has 0 radical (unpaired) electrons. The molecule has 136 valence electrons. The van der Waals surface area contributed by atoms with Gasteiger partial charge in [-0.3, -0.25) is 0 Å². The molecule has 0 unspecified atom stereocenters. The summed E-state index contributed by atoms with van der Waals surface area (Å²) in [5, 5.41) is 0. The fourth-order valence-corrected chi connectivity index (χ4v) is 2.73. The highest BCUT2D eigenvalue weighted by molar-refractivity contribution is 5.77. The highest BCUT2D eigenvalue weighted by atomic mass is 14.1. The molecule has 0 spiro atoms. The van der Waals surface area contributed by atoms with Crippen molar-refractivity contribution in [3.05, 3.63) is 127 Å². The Kier molecular flexibility index (Phi) is 8.59. The molecule has 0 saturated heterocycles. The summed E-state index contributed by atoms with van der Waals surface area (Å²) in [7, 11) is 0. The van der Waals surface area contributed by atoms with Crippen LogP contribution in [0.15, 0.2) is 116 Å². The van der Waals surface area contributed by atoms with E-state index in [4.69, 9.17) is 0 Å². The third-order valence-corrected chi connectivity index (χ3v) is 4.18. The molecule has 0 heteroatoms. The van der Waals surface area contributed by atoms with E-state index in [-0.39, 0.29) is 0 Å². The van der Waals surface area contributed by atoms with Crippen LogP contribution in [0.4, 0.5) is 0 Å². The number of hydrogen-bond donors (Lipinski definition) is 0. The minimum atomic E-state index is 0.931. The zero-order chi connectivity index (χ0) is 19.3. The summed E-state index contributed by atoms with van der Waals surface area (Å²) in [6, 6.07) is 17.5. The van der Waals surface area contributed by atoms with E-state index in [2.05, 4.69) is 92.9 Å². The Morgan fingerprint density at radius 3 is 2.04 bits per heavy atom. The van der Waals surface area contributed by atoms with Crippen molar-refractivity contribution in [1.82, 2.24) is 0 Å². The highest BCUT2D eigenvalue weighted by Crippen LogP contribution is 2.24. The van der Waals surface area contributed by atoms with E-state index in [1.165, 1.54) is 27.8 Å². The van der Waals surface area contributed by atoms with Crippen molar-refractivity contribution in [1.29, 1.82) is 0 Å². The Labute approximate surface area is 164 Å². The molecule has 2 aromatic rings. The number of hydrogen-bond acceptors (Lipinski definition) is 0. The molecule has 2 rings (SSSR count). The third kappa shape index (κ3) is 6.60. The van der Waals surface area contributed by atoms with Gasteiger partial charge in [0.2, 0.25) is 0 Å². The molecule has 0 N–H and O–H groups in total. The fourth-order valence-electron chi connectivity index (χ4n) is 2.73. The van der Waals surface area contributed by atoms with Crippen LogP contribution in [-0.2, 0) is 6.42 Å². The molecule has 0 bridgehead atoms. The van der Waals surface area contributed by atoms with E-state index in [0.29, 0.717) is 0 Å². The molecule has 0 aliphatic carbocycles. The number of allylic oxidation sites excluding steroid dienone is 10. The highest BCUT2D eigenvalue weighted by Gasteiger charge is 2.01. The van der Waals surface area contributed by atoms with Crippen LogP contribution in [0, 0.1) is 0 Å². The van der Waals surface area contributed by atoms with Gasteiger partial charge in [-0.05, 0) is 40.7 Å². The minimum absolute atomic E-state index is 0.931. The van der Waals surface area contributed by atoms with Crippen LogP contribution in [0.5, 0.6) is 0 Å². The Hall–Kier alpha value is -3.12. The van der Waals surface area contributed by atoms with Gasteiger partial charge in [0.15, 0.2) is 0 Å². The first kappa shape index (κ1) is 20.2. The molecule has 0 fully saturated rings. The lowest BCUT2D eigenvalue weighted by atomic mass is 9.98. The van der Waals surface area contributed by atoms with E-state index in [1.54, 1.807) is 6.08 Å². The lowest BCUT2D eigenvalue weighted by Crippen LogP contribution is -1.85. The largest absolute Gasteiger partial charge is 0.0991 e. The zero-order valence-corrected chi connectivity index (χ0v) is 16.1. The normalized spacial score (nSPS) is 12.3. The van der Waals surface area contributed by atoms with E-state index in [0.717, 1.165) is 12.8 Å². The van der Waals surface area contributed by atoms with Crippen molar-refractivity contribution in [2.24, 2.45) is 0 Å². The maximum absolute atomic E-state index is 3.82. The van der Waals surface area contributed by atoms with Crippen LogP contribution in [0.25, 0.3) is 16.7 Å². The van der Waals surface area contributed by atoms with Crippen molar-refractivity contribution in [2.45, 2.75) is 19.8 Å². The van der Waals surface area contributed by atoms with Gasteiger partial charge in [0.1, 0.15) is 0 Å². The summed E-state index contributed by atoms with van der Waals surface area (Å²) in [6.07, 6.45) is 20.1. The van der Waals surface area contributed by atoms with Crippen molar-refractivity contribution >= 4 is 5.57 Å². The van der Waals surface area contributed by atoms with Crippen LogP contribution in [0.3, 0.4) is 0 Å². The second kappa shape index (κ2) is 11.5. The SMILES string of the molecule is C=C/C=C\C=C/Cc1ccc(-c2ccc(C(/C=C\CC)=C/C=C)cc2)cc1. The molecular formula is C27H28. The topological polar surface area (TPSA) is 0 Å². The predicted molar refractivity (Wildman–Crippen MR) is 122 cm³/mol. The second-order valence-electron chi connectivity index (χ2n) is 6.20. The quantitative estimate of drug-likeness (QED) is 0.405. The van der Waals surface area contributed by atoms with Gasteiger partial charge in [0.05, 0.1) is 0 Å². The van der Waals surface area contributed by atoms with E-state index >= 15 is 0 Å². The first-order valence-electron chi connectivity index (χ1n) is 9.41. The molecule has 0 aliphatic heterocycles. The van der Waals surface area contributed by atoms with Crippen LogP contribution < -0.4 is 0 Å². The molecule has 0 aromatic heterocycles. The molecule has 2 aromatic carbocycles. The molecule has 0 amide bonds. The van der Waals surface area contributed by atoms with Crippen LogP contribution in [0.2, 0.25) is 0 Å². The van der Waals surface area contributed by atoms with Gasteiger partial charge in [-0.1, -0.05) is 123 Å². The standard InChI is InChI=1S/C27H28/c1-4-7-9-10-11-13-23-15-17-25(18-16-23)27-21-19-26(20-22-27)24(12-6-3)14-8-5-2/h4,6-12,14-22H,1,3,5,13H2,2H3/b9-7-,11-10-,14-8-,24-12+. The molecule has 0 aliphatic rings. The van der Waals surface area contributed by atoms with Gasteiger partial charge in [0, 0.05) is 0 Å². The first-order valence-corrected chi connectivity index (χ1v) is 9.41. The maximum Gasteiger partial charge on any atom is -0.00943 e. The lowest BCUT2D eigenvalue weighted by Gasteiger charge is -2.06. The van der Waals surface area contributed by atoms with Crippen LogP contribution >= 0.6 is 0 Å².